The second-order valence-electron chi connectivity index (χ2n) is 6.58. The first-order valence-electron chi connectivity index (χ1n) is 9.27. The van der Waals surface area contributed by atoms with Crippen LogP contribution in [0.4, 0.5) is 0 Å². The predicted molar refractivity (Wildman–Crippen MR) is 112 cm³/mol. The number of carbonyl (C=O) groups excluding carboxylic acids is 1. The highest BCUT2D eigenvalue weighted by atomic mass is 32.1. The van der Waals surface area contributed by atoms with Crippen molar-refractivity contribution in [3.63, 3.8) is 0 Å². The van der Waals surface area contributed by atoms with E-state index >= 15 is 0 Å². The number of rotatable bonds is 9. The second kappa shape index (κ2) is 10.0. The van der Waals surface area contributed by atoms with Crippen molar-refractivity contribution >= 4 is 17.2 Å². The molecular formula is C22H24N2O3S. The zero-order chi connectivity index (χ0) is 19.8. The first kappa shape index (κ1) is 20.0. The van der Waals surface area contributed by atoms with Crippen molar-refractivity contribution in [2.24, 2.45) is 0 Å². The van der Waals surface area contributed by atoms with Gasteiger partial charge in [0.1, 0.15) is 6.54 Å². The Balaban J connectivity index is 1.44. The number of nitrogens with zero attached hydrogens (tertiary/aromatic N) is 1. The standard InChI is InChI=1S/C22H24N2O3S/c1-17-8-10-19(11-9-17)20-16-28-22(26)24(20)14-21(25)23-12-5-13-27-15-18-6-3-2-4-7-18/h2-4,6-11,16H,5,12-15H2,1H3,(H,23,25). The Labute approximate surface area is 168 Å². The molecule has 0 aliphatic heterocycles. The van der Waals surface area contributed by atoms with Crippen LogP contribution in [0.15, 0.2) is 64.8 Å². The molecule has 0 bridgehead atoms. The molecule has 0 radical (unpaired) electrons. The Morgan fingerprint density at radius 2 is 1.86 bits per heavy atom. The number of hydrogen-bond donors (Lipinski definition) is 1. The zero-order valence-corrected chi connectivity index (χ0v) is 16.7. The summed E-state index contributed by atoms with van der Waals surface area (Å²) in [6, 6.07) is 17.9. The summed E-state index contributed by atoms with van der Waals surface area (Å²) < 4.78 is 7.13. The van der Waals surface area contributed by atoms with Gasteiger partial charge in [0, 0.05) is 18.5 Å². The summed E-state index contributed by atoms with van der Waals surface area (Å²) in [5, 5.41) is 4.66. The first-order valence-corrected chi connectivity index (χ1v) is 10.1. The summed E-state index contributed by atoms with van der Waals surface area (Å²) >= 11 is 1.11. The SMILES string of the molecule is Cc1ccc(-c2csc(=O)n2CC(=O)NCCCOCc2ccccc2)cc1. The van der Waals surface area contributed by atoms with Crippen LogP contribution in [0.1, 0.15) is 17.5 Å². The van der Waals surface area contributed by atoms with Crippen molar-refractivity contribution in [3.8, 4) is 11.3 Å². The molecule has 2 aromatic carbocycles. The summed E-state index contributed by atoms with van der Waals surface area (Å²) in [6.45, 7) is 3.70. The number of aryl methyl sites for hydroxylation is 1. The number of nitrogens with one attached hydrogen (secondary N) is 1. The molecule has 3 rings (SSSR count). The lowest BCUT2D eigenvalue weighted by Crippen LogP contribution is -2.31. The molecule has 0 unspecified atom stereocenters. The maximum atomic E-state index is 12.2. The molecule has 1 aromatic heterocycles. The van der Waals surface area contributed by atoms with Gasteiger partial charge in [-0.3, -0.25) is 14.2 Å². The Hall–Kier alpha value is -2.70. The first-order chi connectivity index (χ1) is 13.6. The number of amides is 1. The van der Waals surface area contributed by atoms with Gasteiger partial charge in [-0.05, 0) is 24.5 Å². The fourth-order valence-electron chi connectivity index (χ4n) is 2.80. The largest absolute Gasteiger partial charge is 0.377 e. The van der Waals surface area contributed by atoms with Crippen LogP contribution in [0.2, 0.25) is 0 Å². The van der Waals surface area contributed by atoms with Gasteiger partial charge in [-0.25, -0.2) is 0 Å². The molecule has 3 aromatic rings. The minimum absolute atomic E-state index is 0.0242. The van der Waals surface area contributed by atoms with Gasteiger partial charge in [-0.2, -0.15) is 0 Å². The van der Waals surface area contributed by atoms with Gasteiger partial charge in [0.2, 0.25) is 5.91 Å². The molecule has 0 aliphatic carbocycles. The monoisotopic (exact) mass is 396 g/mol. The maximum absolute atomic E-state index is 12.2. The highest BCUT2D eigenvalue weighted by Gasteiger charge is 2.12. The number of aromatic nitrogens is 1. The van der Waals surface area contributed by atoms with Crippen molar-refractivity contribution in [1.29, 1.82) is 0 Å². The molecular weight excluding hydrogens is 372 g/mol. The van der Waals surface area contributed by atoms with E-state index in [0.717, 1.165) is 40.1 Å². The molecule has 146 valence electrons. The lowest BCUT2D eigenvalue weighted by molar-refractivity contribution is -0.121. The van der Waals surface area contributed by atoms with Crippen LogP contribution >= 0.6 is 11.3 Å². The van der Waals surface area contributed by atoms with Gasteiger partial charge < -0.3 is 10.1 Å². The van der Waals surface area contributed by atoms with Crippen LogP contribution in [0.3, 0.4) is 0 Å². The molecule has 6 heteroatoms. The average molecular weight is 397 g/mol. The second-order valence-corrected chi connectivity index (χ2v) is 7.40. The minimum atomic E-state index is -0.170. The summed E-state index contributed by atoms with van der Waals surface area (Å²) in [4.78, 5) is 24.3. The van der Waals surface area contributed by atoms with Crippen molar-refractivity contribution in [2.45, 2.75) is 26.5 Å². The van der Waals surface area contributed by atoms with Crippen molar-refractivity contribution in [2.75, 3.05) is 13.2 Å². The third kappa shape index (κ3) is 5.65. The summed E-state index contributed by atoms with van der Waals surface area (Å²) in [7, 11) is 0. The Kier molecular flexibility index (Phi) is 7.17. The van der Waals surface area contributed by atoms with E-state index in [0.29, 0.717) is 19.8 Å². The predicted octanol–water partition coefficient (Wildman–Crippen LogP) is 3.61. The van der Waals surface area contributed by atoms with E-state index < -0.39 is 0 Å². The van der Waals surface area contributed by atoms with Crippen LogP contribution in [-0.4, -0.2) is 23.6 Å². The molecule has 1 heterocycles. The van der Waals surface area contributed by atoms with E-state index in [2.05, 4.69) is 5.32 Å². The van der Waals surface area contributed by atoms with E-state index in [1.165, 1.54) is 4.57 Å². The fourth-order valence-corrected chi connectivity index (χ4v) is 3.56. The molecule has 0 saturated carbocycles. The molecule has 0 fully saturated rings. The summed E-state index contributed by atoms with van der Waals surface area (Å²) in [5.41, 5.74) is 3.99. The third-order valence-corrected chi connectivity index (χ3v) is 5.09. The molecule has 5 nitrogen and oxygen atoms in total. The lowest BCUT2D eigenvalue weighted by atomic mass is 10.1. The number of hydrogen-bond acceptors (Lipinski definition) is 4. The molecule has 0 aliphatic rings. The van der Waals surface area contributed by atoms with Crippen LogP contribution in [-0.2, 0) is 22.7 Å². The van der Waals surface area contributed by atoms with Crippen LogP contribution < -0.4 is 10.2 Å². The van der Waals surface area contributed by atoms with E-state index in [9.17, 15) is 9.59 Å². The molecule has 1 amide bonds. The van der Waals surface area contributed by atoms with Crippen molar-refractivity contribution in [3.05, 3.63) is 80.8 Å². The Morgan fingerprint density at radius 1 is 1.11 bits per heavy atom. The quantitative estimate of drug-likeness (QED) is 0.562. The summed E-state index contributed by atoms with van der Waals surface area (Å²) in [6.07, 6.45) is 0.724. The van der Waals surface area contributed by atoms with Crippen LogP contribution in [0, 0.1) is 6.92 Å². The minimum Gasteiger partial charge on any atom is -0.377 e. The molecule has 28 heavy (non-hydrogen) atoms. The topological polar surface area (TPSA) is 60.3 Å². The van der Waals surface area contributed by atoms with E-state index in [-0.39, 0.29) is 17.3 Å². The summed E-state index contributed by atoms with van der Waals surface area (Å²) in [5.74, 6) is -0.170. The van der Waals surface area contributed by atoms with Gasteiger partial charge in [0.05, 0.1) is 12.3 Å². The number of thiazole rings is 1. The Morgan fingerprint density at radius 3 is 2.61 bits per heavy atom. The molecule has 1 N–H and O–H groups in total. The van der Waals surface area contributed by atoms with Gasteiger partial charge in [-0.1, -0.05) is 71.5 Å². The lowest BCUT2D eigenvalue weighted by Gasteiger charge is -2.09. The molecule has 0 atom stereocenters. The van der Waals surface area contributed by atoms with Gasteiger partial charge in [-0.15, -0.1) is 0 Å². The Bertz CT molecular complexity index is 946. The smallest absolute Gasteiger partial charge is 0.308 e. The zero-order valence-electron chi connectivity index (χ0n) is 15.9. The van der Waals surface area contributed by atoms with Crippen molar-refractivity contribution < 1.29 is 9.53 Å². The van der Waals surface area contributed by atoms with Crippen LogP contribution in [0.25, 0.3) is 11.3 Å². The van der Waals surface area contributed by atoms with E-state index in [1.807, 2.05) is 61.5 Å². The number of benzene rings is 2. The fraction of sp³-hybridized carbons (Fsp3) is 0.273. The highest BCUT2D eigenvalue weighted by Crippen LogP contribution is 2.20. The van der Waals surface area contributed by atoms with Gasteiger partial charge in [0.25, 0.3) is 0 Å². The van der Waals surface area contributed by atoms with E-state index in [1.54, 1.807) is 5.38 Å². The number of carbonyl (C=O) groups is 1. The highest BCUT2D eigenvalue weighted by molar-refractivity contribution is 7.07. The van der Waals surface area contributed by atoms with Crippen molar-refractivity contribution in [1.82, 2.24) is 9.88 Å². The maximum Gasteiger partial charge on any atom is 0.308 e. The molecule has 0 spiro atoms. The van der Waals surface area contributed by atoms with Gasteiger partial charge >= 0.3 is 4.87 Å². The van der Waals surface area contributed by atoms with Gasteiger partial charge in [0.15, 0.2) is 0 Å². The third-order valence-electron chi connectivity index (χ3n) is 4.33. The molecule has 0 saturated heterocycles. The average Bonchev–Trinajstić information content (AvgIpc) is 3.06. The van der Waals surface area contributed by atoms with E-state index in [4.69, 9.17) is 4.74 Å². The normalized spacial score (nSPS) is 10.8. The number of ether oxygens (including phenoxy) is 1. The van der Waals surface area contributed by atoms with Crippen LogP contribution in [0.5, 0.6) is 0 Å².